The third kappa shape index (κ3) is 6.82. The van der Waals surface area contributed by atoms with Crippen LogP contribution in [0.5, 0.6) is 5.75 Å². The number of nitrogens with one attached hydrogen (secondary N) is 1. The number of carbonyl (C=O) groups is 1. The molecule has 0 saturated carbocycles. The number of unbranched alkanes of at least 4 members (excludes halogenated alkanes) is 2. The summed E-state index contributed by atoms with van der Waals surface area (Å²) < 4.78 is 5.35. The molecule has 1 aromatic rings. The lowest BCUT2D eigenvalue weighted by Crippen LogP contribution is -2.26. The molecule has 0 aromatic heterocycles. The SMILES string of the molecule is CCOc1ccc(CC(=O)NCCCCCO)cc1. The number of hydrogen-bond acceptors (Lipinski definition) is 3. The summed E-state index contributed by atoms with van der Waals surface area (Å²) in [5, 5.41) is 11.5. The van der Waals surface area contributed by atoms with Gasteiger partial charge >= 0.3 is 0 Å². The summed E-state index contributed by atoms with van der Waals surface area (Å²) >= 11 is 0. The van der Waals surface area contributed by atoms with Gasteiger partial charge in [-0.25, -0.2) is 0 Å². The molecule has 0 unspecified atom stereocenters. The zero-order chi connectivity index (χ0) is 13.9. The van der Waals surface area contributed by atoms with E-state index in [1.165, 1.54) is 0 Å². The van der Waals surface area contributed by atoms with Gasteiger partial charge in [-0.15, -0.1) is 0 Å². The van der Waals surface area contributed by atoms with Crippen LogP contribution in [0.25, 0.3) is 0 Å². The highest BCUT2D eigenvalue weighted by atomic mass is 16.5. The van der Waals surface area contributed by atoms with E-state index in [-0.39, 0.29) is 12.5 Å². The van der Waals surface area contributed by atoms with Gasteiger partial charge in [-0.05, 0) is 43.9 Å². The molecule has 0 fully saturated rings. The van der Waals surface area contributed by atoms with E-state index in [1.807, 2.05) is 31.2 Å². The predicted octanol–water partition coefficient (Wildman–Crippen LogP) is 1.91. The Kier molecular flexibility index (Phi) is 7.66. The number of rotatable bonds is 9. The quantitative estimate of drug-likeness (QED) is 0.671. The van der Waals surface area contributed by atoms with Gasteiger partial charge in [-0.2, -0.15) is 0 Å². The molecular formula is C15H23NO3. The van der Waals surface area contributed by atoms with E-state index < -0.39 is 0 Å². The normalized spacial score (nSPS) is 10.2. The number of amides is 1. The summed E-state index contributed by atoms with van der Waals surface area (Å²) in [6.45, 7) is 3.49. The molecule has 0 aliphatic heterocycles. The molecule has 19 heavy (non-hydrogen) atoms. The fraction of sp³-hybridized carbons (Fsp3) is 0.533. The fourth-order valence-corrected chi connectivity index (χ4v) is 1.76. The molecule has 1 aromatic carbocycles. The highest BCUT2D eigenvalue weighted by molar-refractivity contribution is 5.78. The lowest BCUT2D eigenvalue weighted by molar-refractivity contribution is -0.120. The van der Waals surface area contributed by atoms with Crippen molar-refractivity contribution in [3.05, 3.63) is 29.8 Å². The van der Waals surface area contributed by atoms with Crippen molar-refractivity contribution in [2.24, 2.45) is 0 Å². The van der Waals surface area contributed by atoms with Gasteiger partial charge in [-0.1, -0.05) is 12.1 Å². The van der Waals surface area contributed by atoms with Gasteiger partial charge < -0.3 is 15.2 Å². The van der Waals surface area contributed by atoms with Crippen LogP contribution in [0.3, 0.4) is 0 Å². The smallest absolute Gasteiger partial charge is 0.224 e. The van der Waals surface area contributed by atoms with Crippen LogP contribution in [0.4, 0.5) is 0 Å². The van der Waals surface area contributed by atoms with Gasteiger partial charge in [-0.3, -0.25) is 4.79 Å². The highest BCUT2D eigenvalue weighted by Crippen LogP contribution is 2.12. The molecule has 106 valence electrons. The zero-order valence-electron chi connectivity index (χ0n) is 11.5. The average molecular weight is 265 g/mol. The molecule has 0 bridgehead atoms. The molecule has 4 heteroatoms. The summed E-state index contributed by atoms with van der Waals surface area (Å²) in [6.07, 6.45) is 3.05. The second kappa shape index (κ2) is 9.39. The third-order valence-corrected chi connectivity index (χ3v) is 2.76. The molecule has 4 nitrogen and oxygen atoms in total. The first-order chi connectivity index (χ1) is 9.26. The Morgan fingerprint density at radius 1 is 1.21 bits per heavy atom. The Morgan fingerprint density at radius 2 is 1.95 bits per heavy atom. The highest BCUT2D eigenvalue weighted by Gasteiger charge is 2.03. The van der Waals surface area contributed by atoms with E-state index in [0.717, 1.165) is 30.6 Å². The lowest BCUT2D eigenvalue weighted by Gasteiger charge is -2.06. The third-order valence-electron chi connectivity index (χ3n) is 2.76. The zero-order valence-corrected chi connectivity index (χ0v) is 11.5. The summed E-state index contributed by atoms with van der Waals surface area (Å²) in [4.78, 5) is 11.7. The van der Waals surface area contributed by atoms with E-state index in [9.17, 15) is 4.79 Å². The van der Waals surface area contributed by atoms with Gasteiger partial charge in [0, 0.05) is 13.2 Å². The first kappa shape index (κ1) is 15.5. The molecule has 1 amide bonds. The molecule has 0 spiro atoms. The van der Waals surface area contributed by atoms with E-state index >= 15 is 0 Å². The summed E-state index contributed by atoms with van der Waals surface area (Å²) in [7, 11) is 0. The Labute approximate surface area is 114 Å². The average Bonchev–Trinajstić information content (AvgIpc) is 2.41. The van der Waals surface area contributed by atoms with E-state index in [2.05, 4.69) is 5.32 Å². The Hall–Kier alpha value is -1.55. The maximum absolute atomic E-state index is 11.7. The van der Waals surface area contributed by atoms with Crippen molar-refractivity contribution in [2.75, 3.05) is 19.8 Å². The predicted molar refractivity (Wildman–Crippen MR) is 75.3 cm³/mol. The minimum Gasteiger partial charge on any atom is -0.494 e. The largest absolute Gasteiger partial charge is 0.494 e. The van der Waals surface area contributed by atoms with Crippen molar-refractivity contribution in [1.82, 2.24) is 5.32 Å². The van der Waals surface area contributed by atoms with Crippen LogP contribution in [0.1, 0.15) is 31.7 Å². The van der Waals surface area contributed by atoms with Gasteiger partial charge in [0.25, 0.3) is 0 Å². The van der Waals surface area contributed by atoms with Crippen molar-refractivity contribution < 1.29 is 14.6 Å². The van der Waals surface area contributed by atoms with Crippen molar-refractivity contribution in [3.8, 4) is 5.75 Å². The van der Waals surface area contributed by atoms with Crippen LogP contribution in [0.15, 0.2) is 24.3 Å². The van der Waals surface area contributed by atoms with Crippen molar-refractivity contribution >= 4 is 5.91 Å². The number of benzene rings is 1. The summed E-state index contributed by atoms with van der Waals surface area (Å²) in [5.41, 5.74) is 0.983. The minimum absolute atomic E-state index is 0.0353. The van der Waals surface area contributed by atoms with Crippen molar-refractivity contribution in [2.45, 2.75) is 32.6 Å². The molecule has 0 aliphatic carbocycles. The number of aliphatic hydroxyl groups excluding tert-OH is 1. The first-order valence-electron chi connectivity index (χ1n) is 6.85. The summed E-state index contributed by atoms with van der Waals surface area (Å²) in [5.74, 6) is 0.865. The van der Waals surface area contributed by atoms with Gasteiger partial charge in [0.15, 0.2) is 0 Å². The lowest BCUT2D eigenvalue weighted by atomic mass is 10.1. The Balaban J connectivity index is 2.24. The van der Waals surface area contributed by atoms with Crippen LogP contribution in [-0.2, 0) is 11.2 Å². The molecule has 1 rings (SSSR count). The standard InChI is InChI=1S/C15H23NO3/c1-2-19-14-8-6-13(7-9-14)12-15(18)16-10-4-3-5-11-17/h6-9,17H,2-5,10-12H2,1H3,(H,16,18). The fourth-order valence-electron chi connectivity index (χ4n) is 1.76. The van der Waals surface area contributed by atoms with E-state index in [1.54, 1.807) is 0 Å². The first-order valence-corrected chi connectivity index (χ1v) is 6.85. The van der Waals surface area contributed by atoms with Crippen molar-refractivity contribution in [3.63, 3.8) is 0 Å². The van der Waals surface area contributed by atoms with E-state index in [0.29, 0.717) is 19.6 Å². The number of ether oxygens (including phenoxy) is 1. The van der Waals surface area contributed by atoms with E-state index in [4.69, 9.17) is 9.84 Å². The second-order valence-corrected chi connectivity index (χ2v) is 4.39. The van der Waals surface area contributed by atoms with Gasteiger partial charge in [0.1, 0.15) is 5.75 Å². The maximum Gasteiger partial charge on any atom is 0.224 e. The topological polar surface area (TPSA) is 58.6 Å². The Bertz CT molecular complexity index is 362. The van der Waals surface area contributed by atoms with Crippen LogP contribution in [0, 0.1) is 0 Å². The molecule has 0 atom stereocenters. The summed E-state index contributed by atoms with van der Waals surface area (Å²) in [6, 6.07) is 7.59. The molecule has 0 radical (unpaired) electrons. The van der Waals surface area contributed by atoms with Crippen LogP contribution in [-0.4, -0.2) is 30.8 Å². The molecule has 0 aliphatic rings. The van der Waals surface area contributed by atoms with Crippen LogP contribution < -0.4 is 10.1 Å². The minimum atomic E-state index is 0.0353. The van der Waals surface area contributed by atoms with Gasteiger partial charge in [0.2, 0.25) is 5.91 Å². The van der Waals surface area contributed by atoms with Crippen LogP contribution in [0.2, 0.25) is 0 Å². The molecule has 0 heterocycles. The number of hydrogen-bond donors (Lipinski definition) is 2. The monoisotopic (exact) mass is 265 g/mol. The van der Waals surface area contributed by atoms with Crippen molar-refractivity contribution in [1.29, 1.82) is 0 Å². The molecular weight excluding hydrogens is 242 g/mol. The molecule has 0 saturated heterocycles. The van der Waals surface area contributed by atoms with Gasteiger partial charge in [0.05, 0.1) is 13.0 Å². The maximum atomic E-state index is 11.7. The second-order valence-electron chi connectivity index (χ2n) is 4.39. The number of aliphatic hydroxyl groups is 1. The van der Waals surface area contributed by atoms with Crippen LogP contribution >= 0.6 is 0 Å². The molecule has 2 N–H and O–H groups in total. The number of carbonyl (C=O) groups excluding carboxylic acids is 1. The Morgan fingerprint density at radius 3 is 2.58 bits per heavy atom.